The first-order valence-electron chi connectivity index (χ1n) is 4.37. The van der Waals surface area contributed by atoms with Gasteiger partial charge in [-0.05, 0) is 6.42 Å². The Balaban J connectivity index is 3.25. The van der Waals surface area contributed by atoms with Crippen LogP contribution in [0.3, 0.4) is 0 Å². The predicted octanol–water partition coefficient (Wildman–Crippen LogP) is 1.25. The van der Waals surface area contributed by atoms with E-state index >= 15 is 0 Å². The molecule has 0 N–H and O–H groups in total. The van der Waals surface area contributed by atoms with Gasteiger partial charge in [-0.15, -0.1) is 0 Å². The minimum Gasteiger partial charge on any atom is -0.479 e. The second kappa shape index (κ2) is 4.21. The number of anilines is 1. The summed E-state index contributed by atoms with van der Waals surface area (Å²) in [5, 5.41) is 0. The quantitative estimate of drug-likeness (QED) is 0.734. The van der Waals surface area contributed by atoms with Gasteiger partial charge in [0, 0.05) is 14.1 Å². The maximum atomic E-state index is 13.4. The first-order valence-corrected chi connectivity index (χ1v) is 4.37. The third kappa shape index (κ3) is 1.92. The number of aromatic nitrogens is 2. The lowest BCUT2D eigenvalue weighted by Gasteiger charge is -2.13. The van der Waals surface area contributed by atoms with Crippen LogP contribution in [0.1, 0.15) is 12.6 Å². The normalized spacial score (nSPS) is 10.1. The van der Waals surface area contributed by atoms with Crippen molar-refractivity contribution >= 4 is 5.95 Å². The zero-order valence-electron chi connectivity index (χ0n) is 8.83. The molecule has 0 unspecified atom stereocenters. The van der Waals surface area contributed by atoms with Crippen LogP contribution in [0.4, 0.5) is 10.3 Å². The molecule has 4 nitrogen and oxygen atoms in total. The number of halogens is 1. The van der Waals surface area contributed by atoms with Gasteiger partial charge in [-0.1, -0.05) is 6.92 Å². The van der Waals surface area contributed by atoms with E-state index in [0.717, 1.165) is 0 Å². The summed E-state index contributed by atoms with van der Waals surface area (Å²) in [5.74, 6) is -0.0127. The van der Waals surface area contributed by atoms with Crippen molar-refractivity contribution in [3.05, 3.63) is 11.5 Å². The summed E-state index contributed by atoms with van der Waals surface area (Å²) in [6, 6.07) is 0. The van der Waals surface area contributed by atoms with Gasteiger partial charge in [0.2, 0.25) is 11.8 Å². The van der Waals surface area contributed by atoms with Crippen molar-refractivity contribution in [1.82, 2.24) is 9.97 Å². The lowest BCUT2D eigenvalue weighted by atomic mass is 10.3. The molecule has 0 aliphatic carbocycles. The molecule has 0 bridgehead atoms. The summed E-state index contributed by atoms with van der Waals surface area (Å²) in [5.41, 5.74) is 0.376. The third-order valence-corrected chi connectivity index (χ3v) is 1.81. The van der Waals surface area contributed by atoms with Gasteiger partial charge in [-0.25, -0.2) is 4.98 Å². The van der Waals surface area contributed by atoms with E-state index in [1.807, 2.05) is 6.92 Å². The first kappa shape index (κ1) is 10.7. The molecule has 1 aromatic rings. The van der Waals surface area contributed by atoms with Gasteiger partial charge >= 0.3 is 0 Å². The van der Waals surface area contributed by atoms with Crippen LogP contribution >= 0.6 is 0 Å². The number of ether oxygens (including phenoxy) is 1. The van der Waals surface area contributed by atoms with Crippen LogP contribution in [0.5, 0.6) is 5.88 Å². The highest BCUT2D eigenvalue weighted by Crippen LogP contribution is 2.19. The Morgan fingerprint density at radius 2 is 2.00 bits per heavy atom. The molecule has 0 aromatic carbocycles. The molecule has 0 aliphatic rings. The van der Waals surface area contributed by atoms with Crippen molar-refractivity contribution in [2.24, 2.45) is 0 Å². The smallest absolute Gasteiger partial charge is 0.255 e. The maximum absolute atomic E-state index is 13.4. The van der Waals surface area contributed by atoms with E-state index in [1.54, 1.807) is 19.0 Å². The summed E-state index contributed by atoms with van der Waals surface area (Å²) >= 11 is 0. The molecule has 5 heteroatoms. The molecule has 0 spiro atoms. The molecule has 1 aromatic heterocycles. The van der Waals surface area contributed by atoms with Crippen LogP contribution < -0.4 is 9.64 Å². The molecule has 0 aliphatic heterocycles. The van der Waals surface area contributed by atoms with Crippen molar-refractivity contribution in [3.63, 3.8) is 0 Å². The fraction of sp³-hybridized carbons (Fsp3) is 0.556. The number of hydrogen-bond donors (Lipinski definition) is 0. The largest absolute Gasteiger partial charge is 0.479 e. The average molecular weight is 199 g/mol. The molecule has 1 rings (SSSR count). The lowest BCUT2D eigenvalue weighted by Crippen LogP contribution is -2.15. The number of nitrogens with zero attached hydrogens (tertiary/aromatic N) is 3. The number of methoxy groups -OCH3 is 1. The van der Waals surface area contributed by atoms with E-state index in [9.17, 15) is 4.39 Å². The van der Waals surface area contributed by atoms with Crippen LogP contribution in [0.2, 0.25) is 0 Å². The van der Waals surface area contributed by atoms with E-state index in [-0.39, 0.29) is 5.88 Å². The van der Waals surface area contributed by atoms with E-state index < -0.39 is 5.82 Å². The van der Waals surface area contributed by atoms with Crippen molar-refractivity contribution in [3.8, 4) is 5.88 Å². The third-order valence-electron chi connectivity index (χ3n) is 1.81. The van der Waals surface area contributed by atoms with Gasteiger partial charge < -0.3 is 9.64 Å². The summed E-state index contributed by atoms with van der Waals surface area (Å²) in [7, 11) is 4.99. The Labute approximate surface area is 82.7 Å². The van der Waals surface area contributed by atoms with Gasteiger partial charge in [0.25, 0.3) is 5.88 Å². The Morgan fingerprint density at radius 3 is 2.43 bits per heavy atom. The second-order valence-corrected chi connectivity index (χ2v) is 3.04. The molecule has 1 heterocycles. The molecule has 0 amide bonds. The van der Waals surface area contributed by atoms with Crippen LogP contribution in [0, 0.1) is 5.82 Å². The summed E-state index contributed by atoms with van der Waals surface area (Å²) in [6.45, 7) is 1.84. The topological polar surface area (TPSA) is 38.2 Å². The van der Waals surface area contributed by atoms with Gasteiger partial charge in [0.15, 0.2) is 0 Å². The van der Waals surface area contributed by atoms with Gasteiger partial charge in [-0.3, -0.25) is 0 Å². The van der Waals surface area contributed by atoms with Crippen molar-refractivity contribution in [2.45, 2.75) is 13.3 Å². The fourth-order valence-electron chi connectivity index (χ4n) is 1.03. The van der Waals surface area contributed by atoms with E-state index in [4.69, 9.17) is 4.74 Å². The van der Waals surface area contributed by atoms with Crippen LogP contribution in [0.15, 0.2) is 0 Å². The van der Waals surface area contributed by atoms with E-state index in [1.165, 1.54) is 7.11 Å². The average Bonchev–Trinajstić information content (AvgIpc) is 2.17. The summed E-state index contributed by atoms with van der Waals surface area (Å²) < 4.78 is 18.3. The molecule has 14 heavy (non-hydrogen) atoms. The highest BCUT2D eigenvalue weighted by molar-refractivity contribution is 5.33. The van der Waals surface area contributed by atoms with E-state index in [2.05, 4.69) is 9.97 Å². The SMILES string of the molecule is CCc1nc(N(C)C)nc(OC)c1F. The number of aryl methyl sites for hydroxylation is 1. The van der Waals surface area contributed by atoms with Crippen molar-refractivity contribution in [1.29, 1.82) is 0 Å². The standard InChI is InChI=1S/C9H14FN3O/c1-5-6-7(10)8(14-4)12-9(11-6)13(2)3/h5H2,1-4H3. The molecule has 0 atom stereocenters. The van der Waals surface area contributed by atoms with Crippen LogP contribution in [-0.4, -0.2) is 31.2 Å². The fourth-order valence-corrected chi connectivity index (χ4v) is 1.03. The summed E-state index contributed by atoms with van der Waals surface area (Å²) in [4.78, 5) is 9.68. The molecule has 0 fully saturated rings. The van der Waals surface area contributed by atoms with Crippen molar-refractivity contribution in [2.75, 3.05) is 26.1 Å². The molecular formula is C9H14FN3O. The molecule has 0 saturated heterocycles. The van der Waals surface area contributed by atoms with Gasteiger partial charge in [-0.2, -0.15) is 9.37 Å². The second-order valence-electron chi connectivity index (χ2n) is 3.04. The molecule has 78 valence electrons. The minimum absolute atomic E-state index is 0.000509. The number of rotatable bonds is 3. The molecule has 0 saturated carbocycles. The Kier molecular flexibility index (Phi) is 3.22. The number of hydrogen-bond acceptors (Lipinski definition) is 4. The highest BCUT2D eigenvalue weighted by atomic mass is 19.1. The lowest BCUT2D eigenvalue weighted by molar-refractivity contribution is 0.364. The summed E-state index contributed by atoms with van der Waals surface area (Å²) in [6.07, 6.45) is 0.519. The van der Waals surface area contributed by atoms with Crippen LogP contribution in [-0.2, 0) is 6.42 Å². The zero-order chi connectivity index (χ0) is 10.7. The molecular weight excluding hydrogens is 185 g/mol. The van der Waals surface area contributed by atoms with E-state index in [0.29, 0.717) is 18.1 Å². The Bertz CT molecular complexity index is 303. The first-order chi connectivity index (χ1) is 6.60. The van der Waals surface area contributed by atoms with Crippen LogP contribution in [0.25, 0.3) is 0 Å². The Hall–Kier alpha value is -1.39. The molecule has 0 radical (unpaired) electrons. The van der Waals surface area contributed by atoms with Gasteiger partial charge in [0.05, 0.1) is 12.8 Å². The van der Waals surface area contributed by atoms with Gasteiger partial charge in [0.1, 0.15) is 0 Å². The predicted molar refractivity (Wildman–Crippen MR) is 52.2 cm³/mol. The maximum Gasteiger partial charge on any atom is 0.255 e. The monoisotopic (exact) mass is 199 g/mol. The Morgan fingerprint density at radius 1 is 1.36 bits per heavy atom. The zero-order valence-corrected chi connectivity index (χ0v) is 8.83. The van der Waals surface area contributed by atoms with Crippen molar-refractivity contribution < 1.29 is 9.13 Å². The highest BCUT2D eigenvalue weighted by Gasteiger charge is 2.14. The minimum atomic E-state index is -0.472.